The smallest absolute Gasteiger partial charge is 0.419 e. The average molecular weight is 478 g/mol. The summed E-state index contributed by atoms with van der Waals surface area (Å²) < 4.78 is 97.6. The molecule has 1 fully saturated rings. The molecular weight excluding hydrogens is 463 g/mol. The zero-order valence-electron chi connectivity index (χ0n) is 16.0. The molecule has 1 saturated heterocycles. The van der Waals surface area contributed by atoms with Crippen LogP contribution in [0, 0.1) is 23.0 Å². The first-order valence-corrected chi connectivity index (χ1v) is 10.3. The standard InChI is InChI=1S/C19H15F5N2O5S/c20-15-5-12(2-1-11(15)7-25)31-17-8-26(9-18(17,28)10-27)32(29,30)13-3-4-14(16(21)6-13)19(22,23)24/h1-6,17,27-28H,8-10H2/t17?,18-/m1/s1. The number of ether oxygens (including phenoxy) is 1. The quantitative estimate of drug-likeness (QED) is 0.637. The van der Waals surface area contributed by atoms with E-state index in [4.69, 9.17) is 10.00 Å². The number of hydrogen-bond acceptors (Lipinski definition) is 6. The normalized spacial score (nSPS) is 22.0. The molecule has 0 saturated carbocycles. The number of sulfonamides is 1. The molecule has 1 aliphatic rings. The summed E-state index contributed by atoms with van der Waals surface area (Å²) in [7, 11) is -4.59. The second-order valence-electron chi connectivity index (χ2n) is 7.06. The van der Waals surface area contributed by atoms with Crippen LogP contribution in [0.1, 0.15) is 11.1 Å². The van der Waals surface area contributed by atoms with Crippen LogP contribution in [0.15, 0.2) is 41.3 Å². The highest BCUT2D eigenvalue weighted by Gasteiger charge is 2.51. The summed E-state index contributed by atoms with van der Waals surface area (Å²) in [6.45, 7) is -2.27. The van der Waals surface area contributed by atoms with Gasteiger partial charge < -0.3 is 14.9 Å². The highest BCUT2D eigenvalue weighted by atomic mass is 32.2. The fourth-order valence-electron chi connectivity index (χ4n) is 3.17. The molecule has 0 amide bonds. The van der Waals surface area contributed by atoms with Gasteiger partial charge in [0.2, 0.25) is 10.0 Å². The molecule has 13 heteroatoms. The summed E-state index contributed by atoms with van der Waals surface area (Å²) in [5.41, 5.74) is -4.08. The van der Waals surface area contributed by atoms with Gasteiger partial charge in [0.25, 0.3) is 0 Å². The van der Waals surface area contributed by atoms with Crippen LogP contribution in [0.5, 0.6) is 5.75 Å². The number of rotatable bonds is 5. The predicted octanol–water partition coefficient (Wildman–Crippen LogP) is 2.03. The molecule has 1 aliphatic heterocycles. The third-order valence-corrected chi connectivity index (χ3v) is 6.72. The van der Waals surface area contributed by atoms with Gasteiger partial charge in [0.05, 0.1) is 29.2 Å². The van der Waals surface area contributed by atoms with E-state index in [1.165, 1.54) is 6.07 Å². The Morgan fingerprint density at radius 1 is 1.19 bits per heavy atom. The third kappa shape index (κ3) is 4.40. The van der Waals surface area contributed by atoms with Gasteiger partial charge in [0.15, 0.2) is 0 Å². The molecule has 7 nitrogen and oxygen atoms in total. The van der Waals surface area contributed by atoms with E-state index in [0.29, 0.717) is 10.4 Å². The van der Waals surface area contributed by atoms with E-state index in [1.807, 2.05) is 0 Å². The minimum Gasteiger partial charge on any atom is -0.486 e. The van der Waals surface area contributed by atoms with Crippen LogP contribution in [0.4, 0.5) is 22.0 Å². The summed E-state index contributed by atoms with van der Waals surface area (Å²) in [6, 6.07) is 5.78. The summed E-state index contributed by atoms with van der Waals surface area (Å²) in [4.78, 5) is -0.798. The van der Waals surface area contributed by atoms with Crippen molar-refractivity contribution in [3.05, 3.63) is 59.2 Å². The highest BCUT2D eigenvalue weighted by molar-refractivity contribution is 7.89. The lowest BCUT2D eigenvalue weighted by molar-refractivity contribution is -0.140. The Labute approximate surface area is 178 Å². The monoisotopic (exact) mass is 478 g/mol. The van der Waals surface area contributed by atoms with Gasteiger partial charge in [-0.1, -0.05) is 0 Å². The Balaban J connectivity index is 1.89. The maximum Gasteiger partial charge on any atom is 0.419 e. The maximum absolute atomic E-state index is 13.9. The topological polar surface area (TPSA) is 111 Å². The van der Waals surface area contributed by atoms with Crippen molar-refractivity contribution in [2.45, 2.75) is 22.8 Å². The molecule has 0 aliphatic carbocycles. The molecule has 0 aromatic heterocycles. The Bertz CT molecular complexity index is 1180. The van der Waals surface area contributed by atoms with Crippen LogP contribution in [-0.2, 0) is 16.2 Å². The number of hydrogen-bond donors (Lipinski definition) is 2. The van der Waals surface area contributed by atoms with Gasteiger partial charge in [-0.15, -0.1) is 0 Å². The molecule has 2 atom stereocenters. The summed E-state index contributed by atoms with van der Waals surface area (Å²) in [5, 5.41) is 29.0. The first kappa shape index (κ1) is 23.9. The lowest BCUT2D eigenvalue weighted by Crippen LogP contribution is -2.48. The van der Waals surface area contributed by atoms with Gasteiger partial charge in [0, 0.05) is 12.6 Å². The number of β-amino-alcohol motifs (C(OH)–C–C–N with tert-alkyl or cyclic N) is 1. The summed E-state index contributed by atoms with van der Waals surface area (Å²) in [6.07, 6.45) is -6.43. The largest absolute Gasteiger partial charge is 0.486 e. The minimum atomic E-state index is -5.02. The van der Waals surface area contributed by atoms with Crippen LogP contribution in [0.2, 0.25) is 0 Å². The predicted molar refractivity (Wildman–Crippen MR) is 97.7 cm³/mol. The molecular formula is C19H15F5N2O5S. The van der Waals surface area contributed by atoms with Crippen molar-refractivity contribution in [1.82, 2.24) is 4.31 Å². The summed E-state index contributed by atoms with van der Waals surface area (Å²) in [5.74, 6) is -2.89. The number of nitrogens with zero attached hydrogens (tertiary/aromatic N) is 2. The van der Waals surface area contributed by atoms with Crippen LogP contribution >= 0.6 is 0 Å². The maximum atomic E-state index is 13.9. The van der Waals surface area contributed by atoms with Gasteiger partial charge in [0.1, 0.15) is 35.2 Å². The van der Waals surface area contributed by atoms with E-state index in [-0.39, 0.29) is 23.4 Å². The number of halogens is 5. The van der Waals surface area contributed by atoms with E-state index >= 15 is 0 Å². The number of nitriles is 1. The van der Waals surface area contributed by atoms with E-state index in [0.717, 1.165) is 12.1 Å². The van der Waals surface area contributed by atoms with E-state index in [1.54, 1.807) is 6.07 Å². The van der Waals surface area contributed by atoms with Gasteiger partial charge in [-0.05, 0) is 30.3 Å². The van der Waals surface area contributed by atoms with E-state index in [2.05, 4.69) is 0 Å². The van der Waals surface area contributed by atoms with Crippen molar-refractivity contribution in [2.75, 3.05) is 19.7 Å². The van der Waals surface area contributed by atoms with Crippen molar-refractivity contribution in [3.8, 4) is 11.8 Å². The molecule has 32 heavy (non-hydrogen) atoms. The molecule has 0 radical (unpaired) electrons. The Morgan fingerprint density at radius 3 is 2.41 bits per heavy atom. The number of benzene rings is 2. The van der Waals surface area contributed by atoms with Crippen molar-refractivity contribution < 1.29 is 45.3 Å². The molecule has 172 valence electrons. The number of aliphatic hydroxyl groups excluding tert-OH is 1. The van der Waals surface area contributed by atoms with E-state index < -0.39 is 69.7 Å². The molecule has 2 aromatic carbocycles. The van der Waals surface area contributed by atoms with Crippen LogP contribution in [0.25, 0.3) is 0 Å². The Kier molecular flexibility index (Phi) is 6.18. The second kappa shape index (κ2) is 8.28. The van der Waals surface area contributed by atoms with Crippen molar-refractivity contribution >= 4 is 10.0 Å². The fraction of sp³-hybridized carbons (Fsp3) is 0.316. The molecule has 2 N–H and O–H groups in total. The molecule has 1 heterocycles. The number of alkyl halides is 3. The van der Waals surface area contributed by atoms with Crippen LogP contribution < -0.4 is 4.74 Å². The molecule has 0 bridgehead atoms. The van der Waals surface area contributed by atoms with Gasteiger partial charge >= 0.3 is 6.18 Å². The zero-order valence-corrected chi connectivity index (χ0v) is 16.8. The van der Waals surface area contributed by atoms with Gasteiger partial charge in [-0.2, -0.15) is 22.7 Å². The van der Waals surface area contributed by atoms with Crippen molar-refractivity contribution in [1.29, 1.82) is 5.26 Å². The molecule has 3 rings (SSSR count). The Morgan fingerprint density at radius 2 is 1.88 bits per heavy atom. The molecule has 1 unspecified atom stereocenters. The van der Waals surface area contributed by atoms with Gasteiger partial charge in [-0.25, -0.2) is 17.2 Å². The molecule has 2 aromatic rings. The fourth-order valence-corrected chi connectivity index (χ4v) is 4.68. The van der Waals surface area contributed by atoms with Crippen molar-refractivity contribution in [2.24, 2.45) is 0 Å². The molecule has 0 spiro atoms. The van der Waals surface area contributed by atoms with E-state index in [9.17, 15) is 40.6 Å². The first-order chi connectivity index (χ1) is 14.8. The SMILES string of the molecule is N#Cc1ccc(OC2CN(S(=O)(=O)c3ccc(C(F)(F)F)c(F)c3)C[C@@]2(O)CO)cc1F. The second-order valence-corrected chi connectivity index (χ2v) is 9.00. The first-order valence-electron chi connectivity index (χ1n) is 8.88. The highest BCUT2D eigenvalue weighted by Crippen LogP contribution is 2.35. The van der Waals surface area contributed by atoms with Crippen LogP contribution in [0.3, 0.4) is 0 Å². The van der Waals surface area contributed by atoms with Gasteiger partial charge in [-0.3, -0.25) is 0 Å². The third-order valence-electron chi connectivity index (χ3n) is 4.92. The van der Waals surface area contributed by atoms with Crippen LogP contribution in [-0.4, -0.2) is 54.3 Å². The van der Waals surface area contributed by atoms with Crippen molar-refractivity contribution in [3.63, 3.8) is 0 Å². The average Bonchev–Trinajstić information content (AvgIpc) is 3.05. The zero-order chi connectivity index (χ0) is 23.9. The lowest BCUT2D eigenvalue weighted by Gasteiger charge is -2.27. The summed E-state index contributed by atoms with van der Waals surface area (Å²) >= 11 is 0. The lowest BCUT2D eigenvalue weighted by atomic mass is 10.0. The minimum absolute atomic E-state index is 0.168. The number of aliphatic hydroxyl groups is 2. The Hall–Kier alpha value is -2.79.